The number of nitrogens with zero attached hydrogens (tertiary/aromatic N) is 1. The lowest BCUT2D eigenvalue weighted by molar-refractivity contribution is -0.110. The van der Waals surface area contributed by atoms with Crippen molar-refractivity contribution in [3.63, 3.8) is 0 Å². The minimum atomic E-state index is -0.409. The van der Waals surface area contributed by atoms with Crippen LogP contribution in [-0.2, 0) is 4.79 Å². The number of aryl methyl sites for hydroxylation is 1. The molecular formula is C22H27FN4O. The zero-order valence-electron chi connectivity index (χ0n) is 16.6. The molecule has 0 bridgehead atoms. The Hall–Kier alpha value is -2.86. The molecule has 2 aromatic carbocycles. The number of likely N-dealkylation sites (N-methyl/N-ethyl adjacent to an activating group) is 1. The average molecular weight is 382 g/mol. The summed E-state index contributed by atoms with van der Waals surface area (Å²) in [5.74, 6) is -0.716. The topological polar surface area (TPSA) is 56.4 Å². The SMILES string of the molecule is CCN(CC)CCNc1ccc(NC=C2C(=O)Nc3cccc(F)c32)cc1C. The lowest BCUT2D eigenvalue weighted by atomic mass is 10.1. The van der Waals surface area contributed by atoms with Gasteiger partial charge in [0, 0.05) is 36.2 Å². The van der Waals surface area contributed by atoms with Crippen molar-refractivity contribution in [2.45, 2.75) is 20.8 Å². The van der Waals surface area contributed by atoms with Crippen LogP contribution in [0.15, 0.2) is 42.6 Å². The first-order valence-corrected chi connectivity index (χ1v) is 9.67. The van der Waals surface area contributed by atoms with Gasteiger partial charge in [0.05, 0.1) is 11.3 Å². The van der Waals surface area contributed by atoms with Crippen molar-refractivity contribution in [1.82, 2.24) is 4.90 Å². The molecule has 0 unspecified atom stereocenters. The van der Waals surface area contributed by atoms with Crippen LogP contribution in [0.1, 0.15) is 25.0 Å². The van der Waals surface area contributed by atoms with Gasteiger partial charge in [-0.1, -0.05) is 19.9 Å². The summed E-state index contributed by atoms with van der Waals surface area (Å²) in [6, 6.07) is 10.6. The van der Waals surface area contributed by atoms with Gasteiger partial charge in [-0.3, -0.25) is 4.79 Å². The van der Waals surface area contributed by atoms with E-state index < -0.39 is 5.82 Å². The monoisotopic (exact) mass is 382 g/mol. The van der Waals surface area contributed by atoms with Gasteiger partial charge in [0.2, 0.25) is 0 Å². The Labute approximate surface area is 165 Å². The molecule has 1 aliphatic heterocycles. The maximum absolute atomic E-state index is 14.1. The van der Waals surface area contributed by atoms with Gasteiger partial charge < -0.3 is 20.9 Å². The summed E-state index contributed by atoms with van der Waals surface area (Å²) in [4.78, 5) is 14.5. The Balaban J connectivity index is 1.67. The quantitative estimate of drug-likeness (QED) is 0.596. The largest absolute Gasteiger partial charge is 0.384 e. The average Bonchev–Trinajstić information content (AvgIpc) is 3.01. The number of nitrogens with one attached hydrogen (secondary N) is 3. The highest BCUT2D eigenvalue weighted by molar-refractivity contribution is 6.31. The smallest absolute Gasteiger partial charge is 0.257 e. The molecule has 5 nitrogen and oxygen atoms in total. The van der Waals surface area contributed by atoms with Crippen LogP contribution in [-0.4, -0.2) is 37.0 Å². The highest BCUT2D eigenvalue weighted by atomic mass is 19.1. The van der Waals surface area contributed by atoms with E-state index in [4.69, 9.17) is 0 Å². The van der Waals surface area contributed by atoms with Crippen LogP contribution in [0.4, 0.5) is 21.5 Å². The van der Waals surface area contributed by atoms with Gasteiger partial charge in [-0.2, -0.15) is 0 Å². The van der Waals surface area contributed by atoms with Crippen molar-refractivity contribution >= 4 is 28.5 Å². The zero-order chi connectivity index (χ0) is 20.1. The molecule has 0 aliphatic carbocycles. The van der Waals surface area contributed by atoms with Gasteiger partial charge in [-0.25, -0.2) is 4.39 Å². The summed E-state index contributed by atoms with van der Waals surface area (Å²) in [6.07, 6.45) is 1.56. The number of hydrogen-bond acceptors (Lipinski definition) is 4. The molecule has 2 aromatic rings. The van der Waals surface area contributed by atoms with E-state index in [0.29, 0.717) is 16.8 Å². The minimum Gasteiger partial charge on any atom is -0.384 e. The molecule has 0 atom stereocenters. The van der Waals surface area contributed by atoms with Crippen molar-refractivity contribution in [3.8, 4) is 0 Å². The fraction of sp³-hybridized carbons (Fsp3) is 0.318. The Morgan fingerprint density at radius 3 is 2.68 bits per heavy atom. The fourth-order valence-electron chi connectivity index (χ4n) is 3.34. The van der Waals surface area contributed by atoms with Crippen molar-refractivity contribution in [1.29, 1.82) is 0 Å². The molecule has 0 fully saturated rings. The first-order valence-electron chi connectivity index (χ1n) is 9.67. The molecule has 148 valence electrons. The van der Waals surface area contributed by atoms with Crippen LogP contribution >= 0.6 is 0 Å². The maximum Gasteiger partial charge on any atom is 0.257 e. The molecule has 0 spiro atoms. The van der Waals surface area contributed by atoms with E-state index in [1.165, 1.54) is 6.07 Å². The molecule has 3 rings (SSSR count). The summed E-state index contributed by atoms with van der Waals surface area (Å²) in [6.45, 7) is 10.3. The predicted molar refractivity (Wildman–Crippen MR) is 114 cm³/mol. The fourth-order valence-corrected chi connectivity index (χ4v) is 3.34. The first-order chi connectivity index (χ1) is 13.5. The third-order valence-corrected chi connectivity index (χ3v) is 5.02. The number of benzene rings is 2. The molecule has 0 radical (unpaired) electrons. The van der Waals surface area contributed by atoms with Gasteiger partial charge in [0.25, 0.3) is 5.91 Å². The van der Waals surface area contributed by atoms with E-state index in [0.717, 1.165) is 43.1 Å². The molecule has 1 heterocycles. The molecule has 0 aromatic heterocycles. The van der Waals surface area contributed by atoms with Gasteiger partial charge in [-0.15, -0.1) is 0 Å². The lowest BCUT2D eigenvalue weighted by Crippen LogP contribution is -2.28. The molecular weight excluding hydrogens is 355 g/mol. The van der Waals surface area contributed by atoms with Crippen molar-refractivity contribution in [2.24, 2.45) is 0 Å². The normalized spacial score (nSPS) is 14.3. The number of hydrogen-bond donors (Lipinski definition) is 3. The van der Waals surface area contributed by atoms with Crippen LogP contribution in [0.3, 0.4) is 0 Å². The molecule has 28 heavy (non-hydrogen) atoms. The number of carbonyl (C=O) groups excluding carboxylic acids is 1. The lowest BCUT2D eigenvalue weighted by Gasteiger charge is -2.19. The predicted octanol–water partition coefficient (Wildman–Crippen LogP) is 4.29. The molecule has 0 saturated carbocycles. The standard InChI is InChI=1S/C22H27FN4O/c1-4-27(5-2)12-11-24-19-10-9-16(13-15(19)3)25-14-17-21-18(23)7-6-8-20(21)26-22(17)28/h6-10,13-14,24-25H,4-5,11-12H2,1-3H3,(H,26,28). The van der Waals surface area contributed by atoms with Crippen LogP contribution in [0.25, 0.3) is 5.57 Å². The summed E-state index contributed by atoms with van der Waals surface area (Å²) in [5.41, 5.74) is 4.14. The van der Waals surface area contributed by atoms with E-state index >= 15 is 0 Å². The van der Waals surface area contributed by atoms with Gasteiger partial charge in [0.1, 0.15) is 5.82 Å². The van der Waals surface area contributed by atoms with E-state index in [2.05, 4.69) is 34.7 Å². The first kappa shape index (κ1) is 19.9. The second kappa shape index (κ2) is 8.89. The Bertz CT molecular complexity index is 890. The number of rotatable bonds is 8. The second-order valence-corrected chi connectivity index (χ2v) is 6.80. The number of amides is 1. The summed E-state index contributed by atoms with van der Waals surface area (Å²) >= 11 is 0. The van der Waals surface area contributed by atoms with Gasteiger partial charge in [0.15, 0.2) is 0 Å². The van der Waals surface area contributed by atoms with Crippen LogP contribution in [0, 0.1) is 12.7 Å². The highest BCUT2D eigenvalue weighted by Crippen LogP contribution is 2.33. The van der Waals surface area contributed by atoms with Gasteiger partial charge in [-0.05, 0) is 55.9 Å². The van der Waals surface area contributed by atoms with Crippen LogP contribution in [0.5, 0.6) is 0 Å². The van der Waals surface area contributed by atoms with Crippen LogP contribution in [0.2, 0.25) is 0 Å². The minimum absolute atomic E-state index is 0.298. The maximum atomic E-state index is 14.1. The summed E-state index contributed by atoms with van der Waals surface area (Å²) in [7, 11) is 0. The number of fused-ring (bicyclic) bond motifs is 1. The molecule has 3 N–H and O–H groups in total. The van der Waals surface area contributed by atoms with E-state index in [1.54, 1.807) is 18.3 Å². The molecule has 1 aliphatic rings. The molecule has 6 heteroatoms. The molecule has 1 amide bonds. The van der Waals surface area contributed by atoms with Crippen molar-refractivity contribution in [3.05, 3.63) is 59.5 Å². The number of halogens is 1. The Morgan fingerprint density at radius 2 is 1.96 bits per heavy atom. The summed E-state index contributed by atoms with van der Waals surface area (Å²) in [5, 5.41) is 9.27. The van der Waals surface area contributed by atoms with Crippen molar-refractivity contribution < 1.29 is 9.18 Å². The second-order valence-electron chi connectivity index (χ2n) is 6.80. The Morgan fingerprint density at radius 1 is 1.18 bits per heavy atom. The van der Waals surface area contributed by atoms with E-state index in [9.17, 15) is 9.18 Å². The van der Waals surface area contributed by atoms with E-state index in [-0.39, 0.29) is 5.91 Å². The zero-order valence-corrected chi connectivity index (χ0v) is 16.6. The highest BCUT2D eigenvalue weighted by Gasteiger charge is 2.27. The van der Waals surface area contributed by atoms with Crippen molar-refractivity contribution in [2.75, 3.05) is 42.1 Å². The van der Waals surface area contributed by atoms with E-state index in [1.807, 2.05) is 25.1 Å². The number of anilines is 3. The number of carbonyl (C=O) groups is 1. The Kier molecular flexibility index (Phi) is 6.31. The van der Waals surface area contributed by atoms with Crippen LogP contribution < -0.4 is 16.0 Å². The third kappa shape index (κ3) is 4.34. The molecule has 0 saturated heterocycles. The third-order valence-electron chi connectivity index (χ3n) is 5.02. The van der Waals surface area contributed by atoms with Gasteiger partial charge >= 0.3 is 0 Å². The summed E-state index contributed by atoms with van der Waals surface area (Å²) < 4.78 is 14.1.